The molecule has 3 fully saturated rings. The van der Waals surface area contributed by atoms with E-state index in [2.05, 4.69) is 47.8 Å². The van der Waals surface area contributed by atoms with Gasteiger partial charge in [-0.25, -0.2) is 0 Å². The van der Waals surface area contributed by atoms with Crippen LogP contribution in [0.2, 0.25) is 0 Å². The number of amides is 3. The van der Waals surface area contributed by atoms with Gasteiger partial charge in [-0.05, 0) is 76.1 Å². The van der Waals surface area contributed by atoms with Gasteiger partial charge in [0.05, 0.1) is 35.8 Å². The molecule has 6 atom stereocenters. The summed E-state index contributed by atoms with van der Waals surface area (Å²) in [6.07, 6.45) is 6.12. The first-order chi connectivity index (χ1) is 21.2. The van der Waals surface area contributed by atoms with Crippen molar-refractivity contribution in [2.24, 2.45) is 17.3 Å². The van der Waals surface area contributed by atoms with Crippen molar-refractivity contribution in [2.75, 3.05) is 31.2 Å². The van der Waals surface area contributed by atoms with Gasteiger partial charge in [-0.1, -0.05) is 39.8 Å². The van der Waals surface area contributed by atoms with E-state index in [4.69, 9.17) is 4.74 Å². The van der Waals surface area contributed by atoms with E-state index in [1.54, 1.807) is 33.7 Å². The number of likely N-dealkylation sites (tertiary alicyclic amines) is 1. The van der Waals surface area contributed by atoms with E-state index >= 15 is 0 Å². The number of benzene rings is 1. The smallest absolute Gasteiger partial charge is 0.247 e. The molecule has 9 heteroatoms. The maximum Gasteiger partial charge on any atom is 0.247 e. The van der Waals surface area contributed by atoms with Crippen molar-refractivity contribution >= 4 is 35.2 Å². The molecule has 0 aromatic heterocycles. The first-order valence-corrected chi connectivity index (χ1v) is 17.3. The van der Waals surface area contributed by atoms with Crippen molar-refractivity contribution in [3.63, 3.8) is 0 Å². The van der Waals surface area contributed by atoms with Gasteiger partial charge in [0.2, 0.25) is 17.7 Å². The van der Waals surface area contributed by atoms with Crippen LogP contribution in [0.1, 0.15) is 74.1 Å². The molecular formula is C36H53N3O5S. The minimum atomic E-state index is -0.780. The molecular weight excluding hydrogens is 586 g/mol. The maximum atomic E-state index is 15.0. The largest absolute Gasteiger partial charge is 0.494 e. The Kier molecular flexibility index (Phi) is 10.5. The number of ether oxygens (including phenoxy) is 1. The Morgan fingerprint density at radius 1 is 1.11 bits per heavy atom. The van der Waals surface area contributed by atoms with Gasteiger partial charge in [0.25, 0.3) is 0 Å². The third kappa shape index (κ3) is 6.44. The summed E-state index contributed by atoms with van der Waals surface area (Å²) in [6, 6.07) is 6.11. The number of thioether (sulfide) groups is 1. The summed E-state index contributed by atoms with van der Waals surface area (Å²) in [6.45, 7) is 23.3. The van der Waals surface area contributed by atoms with Crippen molar-refractivity contribution in [1.29, 1.82) is 0 Å². The first-order valence-electron chi connectivity index (χ1n) is 16.4. The molecule has 8 nitrogen and oxygen atoms in total. The van der Waals surface area contributed by atoms with Gasteiger partial charge in [0.15, 0.2) is 0 Å². The molecule has 4 rings (SSSR count). The third-order valence-electron chi connectivity index (χ3n) is 9.64. The van der Waals surface area contributed by atoms with Crippen LogP contribution in [0.3, 0.4) is 0 Å². The molecule has 1 aromatic rings. The molecule has 3 aliphatic rings. The fraction of sp³-hybridized carbons (Fsp3) is 0.639. The number of hydrogen-bond donors (Lipinski definition) is 1. The zero-order valence-electron chi connectivity index (χ0n) is 28.3. The molecule has 0 radical (unpaired) electrons. The second-order valence-electron chi connectivity index (χ2n) is 14.5. The summed E-state index contributed by atoms with van der Waals surface area (Å²) >= 11 is 1.66. The fourth-order valence-corrected chi connectivity index (χ4v) is 10.5. The summed E-state index contributed by atoms with van der Waals surface area (Å²) in [5.74, 6) is -0.970. The lowest BCUT2D eigenvalue weighted by Crippen LogP contribution is -2.61. The van der Waals surface area contributed by atoms with Crippen molar-refractivity contribution in [3.8, 4) is 5.75 Å². The molecule has 2 bridgehead atoms. The summed E-state index contributed by atoms with van der Waals surface area (Å²) in [5, 5.41) is 10.4. The molecule has 3 aliphatic heterocycles. The standard InChI is InChI=1S/C36H53N3O5S/c1-10-20-37(25-14-16-26(17-15-25)44-13-4)31(41)28-27-18-19-36(45-27)29(28)32(42)39(24(12-3)22-40)30(36)33(43)38(21-11-2)35(8,9)23-34(5,6)7/h10-11,14-17,24,27-30,40H,1-2,12-13,18-23H2,3-9H3/t24-,27+,28-,29-,30?,36?/m0/s1. The predicted octanol–water partition coefficient (Wildman–Crippen LogP) is 5.70. The lowest BCUT2D eigenvalue weighted by molar-refractivity contribution is -0.149. The van der Waals surface area contributed by atoms with Crippen molar-refractivity contribution in [1.82, 2.24) is 9.80 Å². The van der Waals surface area contributed by atoms with Gasteiger partial charge >= 0.3 is 0 Å². The highest BCUT2D eigenvalue weighted by molar-refractivity contribution is 8.02. The number of hydrogen-bond acceptors (Lipinski definition) is 6. The van der Waals surface area contributed by atoms with Gasteiger partial charge in [-0.2, -0.15) is 0 Å². The SMILES string of the molecule is C=CCN(C(=O)[C@@H]1[C@H]2C(=O)N([C@@H](CC)CO)C(C(=O)N(CC=C)C(C)(C)CC(C)(C)C)C23CC[C@H]1S3)c1ccc(OCC)cc1. The number of carbonyl (C=O) groups is 3. The van der Waals surface area contributed by atoms with E-state index in [-0.39, 0.29) is 35.0 Å². The molecule has 248 valence electrons. The molecule has 3 heterocycles. The topological polar surface area (TPSA) is 90.4 Å². The van der Waals surface area contributed by atoms with Crippen LogP contribution in [0.25, 0.3) is 0 Å². The normalized spacial score (nSPS) is 26.4. The van der Waals surface area contributed by atoms with Crippen LogP contribution in [0.15, 0.2) is 49.6 Å². The lowest BCUT2D eigenvalue weighted by Gasteiger charge is -2.46. The van der Waals surface area contributed by atoms with Crippen LogP contribution in [-0.4, -0.2) is 86.6 Å². The van der Waals surface area contributed by atoms with Gasteiger partial charge in [0, 0.05) is 29.6 Å². The molecule has 0 saturated carbocycles. The van der Waals surface area contributed by atoms with Crippen LogP contribution >= 0.6 is 11.8 Å². The van der Waals surface area contributed by atoms with Gasteiger partial charge in [-0.15, -0.1) is 24.9 Å². The molecule has 1 aromatic carbocycles. The highest BCUT2D eigenvalue weighted by Gasteiger charge is 2.75. The van der Waals surface area contributed by atoms with E-state index in [9.17, 15) is 19.5 Å². The molecule has 2 unspecified atom stereocenters. The highest BCUT2D eigenvalue weighted by atomic mass is 32.2. The molecule has 0 aliphatic carbocycles. The summed E-state index contributed by atoms with van der Waals surface area (Å²) < 4.78 is 4.86. The zero-order chi connectivity index (χ0) is 33.3. The predicted molar refractivity (Wildman–Crippen MR) is 182 cm³/mol. The maximum absolute atomic E-state index is 15.0. The fourth-order valence-electron chi connectivity index (χ4n) is 8.29. The lowest BCUT2D eigenvalue weighted by atomic mass is 9.70. The van der Waals surface area contributed by atoms with E-state index in [1.165, 1.54) is 0 Å². The van der Waals surface area contributed by atoms with Crippen LogP contribution in [0.5, 0.6) is 5.75 Å². The van der Waals surface area contributed by atoms with Gasteiger partial charge < -0.3 is 24.5 Å². The second-order valence-corrected chi connectivity index (χ2v) is 16.1. The highest BCUT2D eigenvalue weighted by Crippen LogP contribution is 2.67. The quantitative estimate of drug-likeness (QED) is 0.263. The number of anilines is 1. The number of carbonyl (C=O) groups excluding carboxylic acids is 3. The van der Waals surface area contributed by atoms with Crippen LogP contribution in [0.4, 0.5) is 5.69 Å². The molecule has 1 N–H and O–H groups in total. The first kappa shape index (κ1) is 35.1. The number of aliphatic hydroxyl groups is 1. The Labute approximate surface area is 274 Å². The monoisotopic (exact) mass is 639 g/mol. The van der Waals surface area contributed by atoms with E-state index < -0.39 is 34.2 Å². The summed E-state index contributed by atoms with van der Waals surface area (Å²) in [7, 11) is 0. The average molecular weight is 640 g/mol. The van der Waals surface area contributed by atoms with Crippen molar-refractivity contribution < 1.29 is 24.2 Å². The Hall–Kier alpha value is -2.78. The molecule has 3 amide bonds. The molecule has 45 heavy (non-hydrogen) atoms. The third-order valence-corrected chi connectivity index (χ3v) is 11.6. The Morgan fingerprint density at radius 3 is 2.29 bits per heavy atom. The summed E-state index contributed by atoms with van der Waals surface area (Å²) in [5.41, 5.74) is 0.154. The summed E-state index contributed by atoms with van der Waals surface area (Å²) in [4.78, 5) is 49.4. The Morgan fingerprint density at radius 2 is 1.76 bits per heavy atom. The van der Waals surface area contributed by atoms with E-state index in [0.717, 1.165) is 18.6 Å². The minimum absolute atomic E-state index is 0.0419. The number of fused-ring (bicyclic) bond motifs is 1. The van der Waals surface area contributed by atoms with E-state index in [1.807, 2.05) is 43.0 Å². The van der Waals surface area contributed by atoms with Gasteiger partial charge in [-0.3, -0.25) is 14.4 Å². The number of rotatable bonds is 14. The average Bonchev–Trinajstić information content (AvgIpc) is 3.62. The van der Waals surface area contributed by atoms with Crippen molar-refractivity contribution in [3.05, 3.63) is 49.6 Å². The Balaban J connectivity index is 1.78. The molecule has 1 spiro atoms. The zero-order valence-corrected chi connectivity index (χ0v) is 29.1. The number of nitrogens with zero attached hydrogens (tertiary/aromatic N) is 3. The van der Waals surface area contributed by atoms with Crippen LogP contribution < -0.4 is 9.64 Å². The van der Waals surface area contributed by atoms with Crippen molar-refractivity contribution in [2.45, 2.75) is 102 Å². The molecule has 3 saturated heterocycles. The minimum Gasteiger partial charge on any atom is -0.494 e. The van der Waals surface area contributed by atoms with E-state index in [0.29, 0.717) is 38.2 Å². The number of aliphatic hydroxyl groups excluding tert-OH is 1. The van der Waals surface area contributed by atoms with Gasteiger partial charge in [0.1, 0.15) is 11.8 Å². The second kappa shape index (κ2) is 13.5. The van der Waals surface area contributed by atoms with Crippen LogP contribution in [-0.2, 0) is 14.4 Å². The Bertz CT molecular complexity index is 1270. The van der Waals surface area contributed by atoms with Crippen LogP contribution in [0, 0.1) is 17.3 Å².